The van der Waals surface area contributed by atoms with Crippen molar-refractivity contribution in [1.29, 1.82) is 0 Å². The lowest BCUT2D eigenvalue weighted by Crippen LogP contribution is -2.46. The van der Waals surface area contributed by atoms with Crippen LogP contribution in [0.5, 0.6) is 0 Å². The van der Waals surface area contributed by atoms with Crippen molar-refractivity contribution in [2.24, 2.45) is 0 Å². The number of hydrogen-bond donors (Lipinski definition) is 2. The zero-order chi connectivity index (χ0) is 20.4. The maximum absolute atomic E-state index is 12.8. The Kier molecular flexibility index (Phi) is 5.25. The van der Waals surface area contributed by atoms with E-state index in [1.807, 2.05) is 66.7 Å². The van der Waals surface area contributed by atoms with Crippen LogP contribution in [0.1, 0.15) is 12.0 Å². The predicted molar refractivity (Wildman–Crippen MR) is 113 cm³/mol. The van der Waals surface area contributed by atoms with Crippen LogP contribution in [0, 0.1) is 0 Å². The van der Waals surface area contributed by atoms with E-state index in [2.05, 4.69) is 21.2 Å². The van der Waals surface area contributed by atoms with Gasteiger partial charge < -0.3 is 20.1 Å². The van der Waals surface area contributed by atoms with Gasteiger partial charge in [-0.25, -0.2) is 4.79 Å². The fourth-order valence-corrected chi connectivity index (χ4v) is 3.83. The number of carbonyl (C=O) groups excluding carboxylic acids is 2. The summed E-state index contributed by atoms with van der Waals surface area (Å²) < 4.78 is 5.99. The Morgan fingerprint density at radius 1 is 1.10 bits per heavy atom. The van der Waals surface area contributed by atoms with Gasteiger partial charge in [-0.15, -0.1) is 0 Å². The normalized spacial score (nSPS) is 18.8. The monoisotopic (exact) mass is 454 g/mol. The highest BCUT2D eigenvalue weighted by atomic mass is 79.9. The number of ether oxygens (including phenoxy) is 1. The van der Waals surface area contributed by atoms with Gasteiger partial charge in [0.1, 0.15) is 0 Å². The molecule has 29 heavy (non-hydrogen) atoms. The van der Waals surface area contributed by atoms with Gasteiger partial charge >= 0.3 is 6.09 Å². The molecule has 3 aromatic carbocycles. The second-order valence-electron chi connectivity index (χ2n) is 6.90. The van der Waals surface area contributed by atoms with Gasteiger partial charge in [0.05, 0.1) is 0 Å². The number of aliphatic hydroxyl groups is 1. The van der Waals surface area contributed by atoms with Crippen LogP contribution in [-0.2, 0) is 16.1 Å². The largest absolute Gasteiger partial charge is 0.410 e. The molecule has 0 unspecified atom stereocenters. The Bertz CT molecular complexity index is 1090. The van der Waals surface area contributed by atoms with Crippen molar-refractivity contribution in [3.05, 3.63) is 76.8 Å². The van der Waals surface area contributed by atoms with Gasteiger partial charge in [-0.3, -0.25) is 4.79 Å². The van der Waals surface area contributed by atoms with E-state index in [4.69, 9.17) is 4.74 Å². The van der Waals surface area contributed by atoms with E-state index in [0.29, 0.717) is 5.69 Å². The van der Waals surface area contributed by atoms with Gasteiger partial charge in [-0.1, -0.05) is 58.4 Å². The molecular formula is C22H19BrN2O4. The quantitative estimate of drug-likeness (QED) is 0.584. The van der Waals surface area contributed by atoms with Crippen LogP contribution in [0.15, 0.2) is 71.2 Å². The Morgan fingerprint density at radius 3 is 2.69 bits per heavy atom. The molecule has 1 saturated heterocycles. The van der Waals surface area contributed by atoms with Gasteiger partial charge in [-0.2, -0.15) is 0 Å². The smallest absolute Gasteiger partial charge is 0.407 e. The minimum absolute atomic E-state index is 0.00294. The average Bonchev–Trinajstić information content (AvgIpc) is 3.00. The minimum Gasteiger partial charge on any atom is -0.407 e. The standard InChI is InChI=1S/C22H19BrN2O4/c23-18-7-3-4-15(12-18)14-24-21(27)29-22(28)10-11-25(20(22)26)19-9-8-16-5-1-2-6-17(16)13-19/h1-9,12-13,28H,10-11,14H2,(H,24,27)/t22-/m0/s1. The number of alkyl carbamates (subject to hydrolysis) is 1. The molecule has 4 rings (SSSR count). The third-order valence-electron chi connectivity index (χ3n) is 4.89. The highest BCUT2D eigenvalue weighted by Crippen LogP contribution is 2.31. The number of fused-ring (bicyclic) bond motifs is 1. The number of anilines is 1. The summed E-state index contributed by atoms with van der Waals surface area (Å²) in [5, 5.41) is 15.2. The number of halogens is 1. The number of amides is 2. The highest BCUT2D eigenvalue weighted by Gasteiger charge is 2.49. The molecule has 1 heterocycles. The third-order valence-corrected chi connectivity index (χ3v) is 5.38. The van der Waals surface area contributed by atoms with E-state index in [1.165, 1.54) is 4.90 Å². The molecule has 2 amide bonds. The van der Waals surface area contributed by atoms with E-state index >= 15 is 0 Å². The molecule has 1 aliphatic rings. The topological polar surface area (TPSA) is 78.9 Å². The summed E-state index contributed by atoms with van der Waals surface area (Å²) >= 11 is 3.37. The molecule has 1 aliphatic heterocycles. The van der Waals surface area contributed by atoms with E-state index in [-0.39, 0.29) is 19.5 Å². The minimum atomic E-state index is -2.17. The molecule has 7 heteroatoms. The maximum atomic E-state index is 12.8. The molecule has 0 saturated carbocycles. The summed E-state index contributed by atoms with van der Waals surface area (Å²) in [5.74, 6) is -2.82. The summed E-state index contributed by atoms with van der Waals surface area (Å²) in [6.45, 7) is 0.476. The van der Waals surface area contributed by atoms with Gasteiger partial charge in [0.2, 0.25) is 0 Å². The molecule has 1 fully saturated rings. The molecule has 0 radical (unpaired) electrons. The maximum Gasteiger partial charge on any atom is 0.410 e. The second kappa shape index (κ2) is 7.85. The molecular weight excluding hydrogens is 436 g/mol. The first-order chi connectivity index (χ1) is 13.9. The SMILES string of the molecule is O=C(NCc1cccc(Br)c1)O[C@@]1(O)CCN(c2ccc3ccccc3c2)C1=O. The van der Waals surface area contributed by atoms with E-state index < -0.39 is 17.8 Å². The summed E-state index contributed by atoms with van der Waals surface area (Å²) in [6, 6.07) is 20.9. The zero-order valence-corrected chi connectivity index (χ0v) is 17.1. The molecule has 0 bridgehead atoms. The number of benzene rings is 3. The summed E-state index contributed by atoms with van der Waals surface area (Å²) in [4.78, 5) is 26.4. The van der Waals surface area contributed by atoms with E-state index in [1.54, 1.807) is 0 Å². The molecule has 0 spiro atoms. The van der Waals surface area contributed by atoms with Crippen LogP contribution in [-0.4, -0.2) is 29.4 Å². The van der Waals surface area contributed by atoms with Crippen LogP contribution >= 0.6 is 15.9 Å². The second-order valence-corrected chi connectivity index (χ2v) is 7.81. The zero-order valence-electron chi connectivity index (χ0n) is 15.5. The van der Waals surface area contributed by atoms with Crippen LogP contribution < -0.4 is 10.2 Å². The van der Waals surface area contributed by atoms with Crippen molar-refractivity contribution >= 4 is 44.4 Å². The Labute approximate surface area is 176 Å². The summed E-state index contributed by atoms with van der Waals surface area (Å²) in [6.07, 6.45) is -0.843. The number of rotatable bonds is 4. The third kappa shape index (κ3) is 4.11. The lowest BCUT2D eigenvalue weighted by molar-refractivity contribution is -0.175. The fourth-order valence-electron chi connectivity index (χ4n) is 3.38. The average molecular weight is 455 g/mol. The molecule has 0 aliphatic carbocycles. The predicted octanol–water partition coefficient (Wildman–Crippen LogP) is 3.95. The van der Waals surface area contributed by atoms with Gasteiger partial charge in [-0.05, 0) is 40.6 Å². The molecule has 3 aromatic rings. The van der Waals surface area contributed by atoms with E-state index in [0.717, 1.165) is 20.8 Å². The molecule has 1 atom stereocenters. The first-order valence-corrected chi connectivity index (χ1v) is 9.98. The fraction of sp³-hybridized carbons (Fsp3) is 0.182. The van der Waals surface area contributed by atoms with Crippen LogP contribution in [0.25, 0.3) is 10.8 Å². The molecule has 6 nitrogen and oxygen atoms in total. The van der Waals surface area contributed by atoms with Crippen molar-refractivity contribution in [3.8, 4) is 0 Å². The van der Waals surface area contributed by atoms with Crippen LogP contribution in [0.2, 0.25) is 0 Å². The number of nitrogens with zero attached hydrogens (tertiary/aromatic N) is 1. The molecule has 148 valence electrons. The highest BCUT2D eigenvalue weighted by molar-refractivity contribution is 9.10. The molecule has 2 N–H and O–H groups in total. The van der Waals surface area contributed by atoms with Crippen molar-refractivity contribution in [2.45, 2.75) is 18.8 Å². The van der Waals surface area contributed by atoms with Crippen molar-refractivity contribution in [1.82, 2.24) is 5.32 Å². The first-order valence-electron chi connectivity index (χ1n) is 9.19. The summed E-state index contributed by atoms with van der Waals surface area (Å²) in [7, 11) is 0. The van der Waals surface area contributed by atoms with Gasteiger partial charge in [0, 0.05) is 29.7 Å². The number of hydrogen-bond acceptors (Lipinski definition) is 4. The van der Waals surface area contributed by atoms with Crippen molar-refractivity contribution in [2.75, 3.05) is 11.4 Å². The summed E-state index contributed by atoms with van der Waals surface area (Å²) in [5.41, 5.74) is 1.52. The van der Waals surface area contributed by atoms with Gasteiger partial charge in [0.15, 0.2) is 0 Å². The number of carbonyl (C=O) groups is 2. The van der Waals surface area contributed by atoms with Crippen molar-refractivity contribution < 1.29 is 19.4 Å². The van der Waals surface area contributed by atoms with Crippen LogP contribution in [0.3, 0.4) is 0 Å². The van der Waals surface area contributed by atoms with E-state index in [9.17, 15) is 14.7 Å². The Morgan fingerprint density at radius 2 is 1.90 bits per heavy atom. The first kappa shape index (κ1) is 19.4. The van der Waals surface area contributed by atoms with Crippen LogP contribution in [0.4, 0.5) is 10.5 Å². The number of nitrogens with one attached hydrogen (secondary N) is 1. The van der Waals surface area contributed by atoms with Gasteiger partial charge in [0.25, 0.3) is 11.7 Å². The van der Waals surface area contributed by atoms with Crippen molar-refractivity contribution in [3.63, 3.8) is 0 Å². The Hall–Kier alpha value is -2.90. The molecule has 0 aromatic heterocycles. The lowest BCUT2D eigenvalue weighted by atomic mass is 10.1. The Balaban J connectivity index is 1.43. The lowest BCUT2D eigenvalue weighted by Gasteiger charge is -2.22.